The molecule has 0 aromatic carbocycles. The zero-order valence-electron chi connectivity index (χ0n) is 20.2. The summed E-state index contributed by atoms with van der Waals surface area (Å²) in [5, 5.41) is 2.67. The molecule has 1 spiro atoms. The fourth-order valence-electron chi connectivity index (χ4n) is 5.96. The van der Waals surface area contributed by atoms with Crippen LogP contribution in [0, 0.1) is 23.7 Å². The Kier molecular flexibility index (Phi) is 7.33. The van der Waals surface area contributed by atoms with Crippen LogP contribution in [0.4, 0.5) is 0 Å². The summed E-state index contributed by atoms with van der Waals surface area (Å²) in [6, 6.07) is 0. The highest BCUT2D eigenvalue weighted by molar-refractivity contribution is 5.81. The summed E-state index contributed by atoms with van der Waals surface area (Å²) in [5.74, 6) is -0.982. The maximum Gasteiger partial charge on any atom is 0.308 e. The first-order chi connectivity index (χ1) is 15.7. The second kappa shape index (κ2) is 9.75. The van der Waals surface area contributed by atoms with Gasteiger partial charge in [0, 0.05) is 38.9 Å². The number of nitrogens with one attached hydrogen (secondary N) is 1. The Morgan fingerprint density at radius 2 is 1.82 bits per heavy atom. The standard InChI is InChI=1S/C23H37NO9/c1-13-6-7-16-14(2)20(29-18(26)9-8-17(25)24-12-19(27-4)28-5)30-21-23(16)15(13)10-11-22(3,31-21)32-33-23/h13-16,19-21H,6-12H2,1-5H3,(H,24,25)/t13?,14?,15?,16?,20-,21-,22-,23-/m1/s1. The summed E-state index contributed by atoms with van der Waals surface area (Å²) in [4.78, 5) is 36.5. The van der Waals surface area contributed by atoms with E-state index in [0.717, 1.165) is 25.7 Å². The van der Waals surface area contributed by atoms with E-state index in [-0.39, 0.29) is 43.0 Å². The van der Waals surface area contributed by atoms with Crippen LogP contribution in [0.5, 0.6) is 0 Å². The molecule has 4 saturated heterocycles. The quantitative estimate of drug-likeness (QED) is 0.324. The molecule has 10 nitrogen and oxygen atoms in total. The van der Waals surface area contributed by atoms with Crippen LogP contribution < -0.4 is 5.32 Å². The first kappa shape index (κ1) is 24.8. The van der Waals surface area contributed by atoms with Crippen LogP contribution in [0.25, 0.3) is 0 Å². The molecule has 188 valence electrons. The Morgan fingerprint density at radius 3 is 2.55 bits per heavy atom. The van der Waals surface area contributed by atoms with Crippen LogP contribution in [0.15, 0.2) is 0 Å². The second-order valence-corrected chi connectivity index (χ2v) is 9.97. The number of esters is 1. The molecule has 10 heteroatoms. The van der Waals surface area contributed by atoms with Gasteiger partial charge in [0.05, 0.1) is 13.0 Å². The first-order valence-electron chi connectivity index (χ1n) is 11.9. The molecule has 1 N–H and O–H groups in total. The molecular formula is C23H37NO9. The van der Waals surface area contributed by atoms with Gasteiger partial charge in [0.2, 0.25) is 18.0 Å². The average molecular weight is 472 g/mol. The van der Waals surface area contributed by atoms with Gasteiger partial charge < -0.3 is 29.0 Å². The Balaban J connectivity index is 1.38. The molecule has 0 aromatic heterocycles. The van der Waals surface area contributed by atoms with Crippen LogP contribution in [0.3, 0.4) is 0 Å². The van der Waals surface area contributed by atoms with Crippen molar-refractivity contribution >= 4 is 11.9 Å². The number of fused-ring (bicyclic) bond motifs is 2. The van der Waals surface area contributed by atoms with Gasteiger partial charge >= 0.3 is 5.97 Å². The summed E-state index contributed by atoms with van der Waals surface area (Å²) in [6.07, 6.45) is 1.61. The molecule has 1 aliphatic carbocycles. The largest absolute Gasteiger partial charge is 0.435 e. The van der Waals surface area contributed by atoms with E-state index in [9.17, 15) is 9.59 Å². The van der Waals surface area contributed by atoms with Gasteiger partial charge in [0.25, 0.3) is 0 Å². The van der Waals surface area contributed by atoms with Gasteiger partial charge in [-0.15, -0.1) is 0 Å². The molecular weight excluding hydrogens is 434 g/mol. The molecule has 5 fully saturated rings. The second-order valence-electron chi connectivity index (χ2n) is 9.97. The minimum absolute atomic E-state index is 0.00197. The third kappa shape index (κ3) is 4.66. The van der Waals surface area contributed by atoms with Crippen LogP contribution in [0.2, 0.25) is 0 Å². The highest BCUT2D eigenvalue weighted by atomic mass is 17.3. The van der Waals surface area contributed by atoms with Gasteiger partial charge in [-0.1, -0.05) is 13.8 Å². The summed E-state index contributed by atoms with van der Waals surface area (Å²) >= 11 is 0. The van der Waals surface area contributed by atoms with E-state index in [1.165, 1.54) is 14.2 Å². The Hall–Kier alpha value is -1.30. The number of ether oxygens (including phenoxy) is 5. The zero-order valence-corrected chi connectivity index (χ0v) is 20.2. The Labute approximate surface area is 194 Å². The van der Waals surface area contributed by atoms with Gasteiger partial charge in [0.15, 0.2) is 18.2 Å². The molecule has 4 unspecified atom stereocenters. The molecule has 5 rings (SSSR count). The van der Waals surface area contributed by atoms with Gasteiger partial charge in [-0.05, 0) is 38.0 Å². The van der Waals surface area contributed by atoms with Gasteiger partial charge in [-0.3, -0.25) is 9.59 Å². The number of hydrogen-bond donors (Lipinski definition) is 1. The lowest BCUT2D eigenvalue weighted by Crippen LogP contribution is -2.70. The maximum atomic E-state index is 12.6. The van der Waals surface area contributed by atoms with Gasteiger partial charge in [-0.2, -0.15) is 0 Å². The summed E-state index contributed by atoms with van der Waals surface area (Å²) in [7, 11) is 2.98. The SMILES string of the molecule is COC(CNC(=O)CCC(=O)O[C@@H]1O[C@@H]2O[C@@]3(C)CCC4C(C)CCC(C1C)[C@]42OO3)OC. The van der Waals surface area contributed by atoms with Gasteiger partial charge in [0.1, 0.15) is 0 Å². The van der Waals surface area contributed by atoms with E-state index < -0.39 is 36.2 Å². The minimum atomic E-state index is -0.882. The molecule has 1 saturated carbocycles. The van der Waals surface area contributed by atoms with Crippen molar-refractivity contribution < 1.29 is 43.0 Å². The lowest BCUT2D eigenvalue weighted by molar-refractivity contribution is -0.576. The molecule has 1 amide bonds. The predicted octanol–water partition coefficient (Wildman–Crippen LogP) is 2.25. The van der Waals surface area contributed by atoms with Crippen molar-refractivity contribution in [2.24, 2.45) is 23.7 Å². The summed E-state index contributed by atoms with van der Waals surface area (Å²) < 4.78 is 28.3. The maximum absolute atomic E-state index is 12.6. The molecule has 0 radical (unpaired) electrons. The van der Waals surface area contributed by atoms with Crippen LogP contribution in [-0.2, 0) is 43.0 Å². The molecule has 33 heavy (non-hydrogen) atoms. The molecule has 5 aliphatic rings. The zero-order chi connectivity index (χ0) is 23.8. The average Bonchev–Trinajstić information content (AvgIpc) is 3.02. The molecule has 4 heterocycles. The number of amides is 1. The third-order valence-electron chi connectivity index (χ3n) is 7.89. The van der Waals surface area contributed by atoms with Crippen LogP contribution >= 0.6 is 0 Å². The molecule has 4 aliphatic heterocycles. The first-order valence-corrected chi connectivity index (χ1v) is 11.9. The number of hydrogen-bond acceptors (Lipinski definition) is 9. The Bertz CT molecular complexity index is 731. The van der Waals surface area contributed by atoms with Crippen LogP contribution in [0.1, 0.15) is 59.3 Å². The van der Waals surface area contributed by atoms with E-state index in [0.29, 0.717) is 5.92 Å². The topological polar surface area (TPSA) is 111 Å². The normalized spacial score (nSPS) is 41.9. The van der Waals surface area contributed by atoms with Crippen molar-refractivity contribution in [3.8, 4) is 0 Å². The molecule has 0 aromatic rings. The smallest absolute Gasteiger partial charge is 0.308 e. The highest BCUT2D eigenvalue weighted by Crippen LogP contribution is 2.60. The summed E-state index contributed by atoms with van der Waals surface area (Å²) in [6.45, 7) is 6.33. The minimum Gasteiger partial charge on any atom is -0.435 e. The lowest BCUT2D eigenvalue weighted by atomic mass is 9.58. The fourth-order valence-corrected chi connectivity index (χ4v) is 5.96. The Morgan fingerprint density at radius 1 is 1.06 bits per heavy atom. The predicted molar refractivity (Wildman–Crippen MR) is 113 cm³/mol. The van der Waals surface area contributed by atoms with Crippen molar-refractivity contribution in [1.82, 2.24) is 5.32 Å². The van der Waals surface area contributed by atoms with E-state index in [1.54, 1.807) is 0 Å². The molecule has 8 atom stereocenters. The van der Waals surface area contributed by atoms with Crippen molar-refractivity contribution in [3.63, 3.8) is 0 Å². The monoisotopic (exact) mass is 471 g/mol. The van der Waals surface area contributed by atoms with E-state index in [2.05, 4.69) is 12.2 Å². The van der Waals surface area contributed by atoms with Crippen molar-refractivity contribution in [2.45, 2.75) is 89.6 Å². The lowest BCUT2D eigenvalue weighted by Gasteiger charge is -2.59. The van der Waals surface area contributed by atoms with E-state index >= 15 is 0 Å². The fraction of sp³-hybridized carbons (Fsp3) is 0.913. The van der Waals surface area contributed by atoms with Crippen molar-refractivity contribution in [3.05, 3.63) is 0 Å². The number of carbonyl (C=O) groups excluding carboxylic acids is 2. The molecule has 2 bridgehead atoms. The third-order valence-corrected chi connectivity index (χ3v) is 7.89. The van der Waals surface area contributed by atoms with Crippen molar-refractivity contribution in [1.29, 1.82) is 0 Å². The van der Waals surface area contributed by atoms with Gasteiger partial charge in [-0.25, -0.2) is 9.78 Å². The van der Waals surface area contributed by atoms with E-state index in [1.807, 2.05) is 13.8 Å². The van der Waals surface area contributed by atoms with Crippen LogP contribution in [-0.4, -0.2) is 62.9 Å². The number of rotatable bonds is 8. The summed E-state index contributed by atoms with van der Waals surface area (Å²) in [5.41, 5.74) is -0.699. The number of carbonyl (C=O) groups is 2. The van der Waals surface area contributed by atoms with Crippen molar-refractivity contribution in [2.75, 3.05) is 20.8 Å². The number of methoxy groups -OCH3 is 2. The van der Waals surface area contributed by atoms with E-state index in [4.69, 9.17) is 33.5 Å². The highest BCUT2D eigenvalue weighted by Gasteiger charge is 2.69.